The molecule has 1 aliphatic heterocycles. The zero-order valence-electron chi connectivity index (χ0n) is 16.4. The highest BCUT2D eigenvalue weighted by atomic mass is 32.1. The number of fused-ring (bicyclic) bond motifs is 4. The molecule has 0 saturated heterocycles. The number of nitrogens with zero attached hydrogens (tertiary/aromatic N) is 3. The molecule has 2 aliphatic rings. The highest BCUT2D eigenvalue weighted by Crippen LogP contribution is 2.35. The van der Waals surface area contributed by atoms with Crippen molar-refractivity contribution in [1.29, 1.82) is 0 Å². The molecular weight excluding hydrogens is 386 g/mol. The summed E-state index contributed by atoms with van der Waals surface area (Å²) in [5.41, 5.74) is 3.20. The van der Waals surface area contributed by atoms with E-state index in [9.17, 15) is 14.4 Å². The van der Waals surface area contributed by atoms with Gasteiger partial charge in [-0.25, -0.2) is 4.98 Å². The molecule has 7 heteroatoms. The number of aromatic nitrogens is 2. The molecule has 6 nitrogen and oxygen atoms in total. The molecule has 0 saturated carbocycles. The molecule has 0 radical (unpaired) electrons. The largest absolute Gasteiger partial charge is 0.315 e. The number of thiophene rings is 1. The predicted molar refractivity (Wildman–Crippen MR) is 113 cm³/mol. The fourth-order valence-electron chi connectivity index (χ4n) is 4.37. The average Bonchev–Trinajstić information content (AvgIpc) is 3.20. The summed E-state index contributed by atoms with van der Waals surface area (Å²) in [5, 5.41) is 0.688. The Labute approximate surface area is 171 Å². The number of rotatable bonds is 3. The summed E-state index contributed by atoms with van der Waals surface area (Å²) in [6.07, 6.45) is 4.77. The normalized spacial score (nSPS) is 18.2. The average molecular weight is 407 g/mol. The van der Waals surface area contributed by atoms with Crippen molar-refractivity contribution < 1.29 is 9.59 Å². The molecule has 1 atom stereocenters. The zero-order chi connectivity index (χ0) is 20.3. The van der Waals surface area contributed by atoms with Gasteiger partial charge in [-0.1, -0.05) is 6.92 Å². The molecule has 0 unspecified atom stereocenters. The van der Waals surface area contributed by atoms with Crippen molar-refractivity contribution in [3.8, 4) is 0 Å². The molecule has 3 aromatic rings. The molecule has 2 aromatic heterocycles. The van der Waals surface area contributed by atoms with Crippen LogP contribution in [0.15, 0.2) is 29.3 Å². The monoisotopic (exact) mass is 407 g/mol. The number of Topliss-reactive ketones (excluding diaryl/α,β-unsaturated/α-hetero) is 1. The first kappa shape index (κ1) is 18.2. The van der Waals surface area contributed by atoms with Crippen molar-refractivity contribution >= 4 is 38.9 Å². The van der Waals surface area contributed by atoms with Gasteiger partial charge in [-0.3, -0.25) is 19.0 Å². The molecule has 0 fully saturated rings. The van der Waals surface area contributed by atoms with Crippen LogP contribution in [0.1, 0.15) is 39.7 Å². The second-order valence-corrected chi connectivity index (χ2v) is 9.19. The van der Waals surface area contributed by atoms with Crippen molar-refractivity contribution in [2.75, 3.05) is 11.9 Å². The smallest absolute Gasteiger partial charge is 0.262 e. The lowest BCUT2D eigenvalue weighted by Crippen LogP contribution is -2.25. The third-order valence-corrected chi connectivity index (χ3v) is 7.24. The van der Waals surface area contributed by atoms with Crippen molar-refractivity contribution in [2.45, 2.75) is 39.2 Å². The third kappa shape index (κ3) is 2.92. The van der Waals surface area contributed by atoms with Crippen LogP contribution >= 0.6 is 11.3 Å². The maximum absolute atomic E-state index is 13.1. The van der Waals surface area contributed by atoms with Gasteiger partial charge in [0, 0.05) is 23.2 Å². The van der Waals surface area contributed by atoms with Gasteiger partial charge in [-0.15, -0.1) is 11.3 Å². The molecule has 0 spiro atoms. The van der Waals surface area contributed by atoms with Crippen LogP contribution in [0.25, 0.3) is 10.2 Å². The second-order valence-electron chi connectivity index (χ2n) is 8.11. The van der Waals surface area contributed by atoms with Crippen LogP contribution in [0.4, 0.5) is 5.69 Å². The molecule has 29 heavy (non-hydrogen) atoms. The lowest BCUT2D eigenvalue weighted by atomic mass is 9.89. The maximum atomic E-state index is 13.1. The van der Waals surface area contributed by atoms with Gasteiger partial charge in [0.1, 0.15) is 4.83 Å². The lowest BCUT2D eigenvalue weighted by Gasteiger charge is -2.17. The fourth-order valence-corrected chi connectivity index (χ4v) is 5.71. The van der Waals surface area contributed by atoms with E-state index in [-0.39, 0.29) is 23.8 Å². The van der Waals surface area contributed by atoms with E-state index in [0.29, 0.717) is 23.3 Å². The van der Waals surface area contributed by atoms with Crippen LogP contribution in [0.3, 0.4) is 0 Å². The topological polar surface area (TPSA) is 72.3 Å². The molecule has 5 rings (SSSR count). The van der Waals surface area contributed by atoms with Crippen LogP contribution in [-0.4, -0.2) is 28.3 Å². The molecule has 0 bridgehead atoms. The number of likely N-dealkylation sites (N-methyl/N-ethyl adjacent to an activating group) is 1. The molecule has 3 heterocycles. The van der Waals surface area contributed by atoms with Gasteiger partial charge in [0.25, 0.3) is 5.56 Å². The number of anilines is 1. The Balaban J connectivity index is 1.47. The Morgan fingerprint density at radius 1 is 1.31 bits per heavy atom. The number of hydrogen-bond donors (Lipinski definition) is 0. The van der Waals surface area contributed by atoms with E-state index >= 15 is 0 Å². The van der Waals surface area contributed by atoms with E-state index in [1.165, 1.54) is 15.8 Å². The van der Waals surface area contributed by atoms with E-state index < -0.39 is 0 Å². The minimum Gasteiger partial charge on any atom is -0.315 e. The van der Waals surface area contributed by atoms with Gasteiger partial charge in [0.2, 0.25) is 5.91 Å². The summed E-state index contributed by atoms with van der Waals surface area (Å²) in [6.45, 7) is 2.19. The number of ketones is 1. The zero-order valence-corrected chi connectivity index (χ0v) is 17.2. The molecule has 1 amide bonds. The Bertz CT molecular complexity index is 1240. The quantitative estimate of drug-likeness (QED) is 0.626. The molecule has 1 aliphatic carbocycles. The fraction of sp³-hybridized carbons (Fsp3) is 0.364. The lowest BCUT2D eigenvalue weighted by molar-refractivity contribution is -0.117. The number of amides is 1. The second kappa shape index (κ2) is 6.62. The molecule has 0 N–H and O–H groups in total. The highest BCUT2D eigenvalue weighted by Gasteiger charge is 2.26. The molecular formula is C22H21N3O3S. The van der Waals surface area contributed by atoms with Gasteiger partial charge in [0.05, 0.1) is 24.7 Å². The summed E-state index contributed by atoms with van der Waals surface area (Å²) >= 11 is 1.61. The number of carbonyl (C=O) groups is 2. The van der Waals surface area contributed by atoms with Gasteiger partial charge < -0.3 is 4.90 Å². The van der Waals surface area contributed by atoms with E-state index in [2.05, 4.69) is 11.9 Å². The Morgan fingerprint density at radius 2 is 2.14 bits per heavy atom. The number of hydrogen-bond acceptors (Lipinski definition) is 5. The van der Waals surface area contributed by atoms with Crippen LogP contribution in [0.2, 0.25) is 0 Å². The summed E-state index contributed by atoms with van der Waals surface area (Å²) < 4.78 is 1.42. The number of benzene rings is 1. The standard InChI is InChI=1S/C22H21N3O3S/c1-12-3-5-15-18(7-12)29-21-20(15)22(28)25(11-23-21)10-17(26)13-4-6-16-14(8-13)9-19(27)24(16)2/h4,6,8,11-12H,3,5,7,9-10H2,1-2H3/t12-/m0/s1. The summed E-state index contributed by atoms with van der Waals surface area (Å²) in [7, 11) is 1.73. The Hall–Kier alpha value is -2.80. The van der Waals surface area contributed by atoms with Crippen molar-refractivity contribution in [2.24, 2.45) is 5.92 Å². The first-order valence-corrected chi connectivity index (χ1v) is 10.7. The SMILES string of the molecule is C[C@H]1CCc2c(sc3ncn(CC(=O)c4ccc5c(c4)CC(=O)N5C)c(=O)c23)C1. The van der Waals surface area contributed by atoms with Gasteiger partial charge in [-0.2, -0.15) is 0 Å². The Morgan fingerprint density at radius 3 is 2.97 bits per heavy atom. The van der Waals surface area contributed by atoms with Crippen LogP contribution in [-0.2, 0) is 30.6 Å². The summed E-state index contributed by atoms with van der Waals surface area (Å²) in [5.74, 6) is 0.493. The molecule has 148 valence electrons. The van der Waals surface area contributed by atoms with Gasteiger partial charge >= 0.3 is 0 Å². The van der Waals surface area contributed by atoms with E-state index in [1.807, 2.05) is 0 Å². The molecule has 1 aromatic carbocycles. The van der Waals surface area contributed by atoms with Gasteiger partial charge in [-0.05, 0) is 54.5 Å². The first-order valence-electron chi connectivity index (χ1n) is 9.84. The maximum Gasteiger partial charge on any atom is 0.262 e. The van der Waals surface area contributed by atoms with Crippen molar-refractivity contribution in [3.05, 3.63) is 56.4 Å². The van der Waals surface area contributed by atoms with Crippen LogP contribution < -0.4 is 10.5 Å². The minimum absolute atomic E-state index is 0.0204. The highest BCUT2D eigenvalue weighted by molar-refractivity contribution is 7.18. The van der Waals surface area contributed by atoms with Crippen molar-refractivity contribution in [3.63, 3.8) is 0 Å². The number of aryl methyl sites for hydroxylation is 1. The third-order valence-electron chi connectivity index (χ3n) is 6.07. The van der Waals surface area contributed by atoms with Crippen LogP contribution in [0, 0.1) is 5.92 Å². The van der Waals surface area contributed by atoms with Crippen LogP contribution in [0.5, 0.6) is 0 Å². The van der Waals surface area contributed by atoms with E-state index in [4.69, 9.17) is 0 Å². The van der Waals surface area contributed by atoms with E-state index in [1.54, 1.807) is 41.5 Å². The Kier molecular flexibility index (Phi) is 4.17. The predicted octanol–water partition coefficient (Wildman–Crippen LogP) is 2.98. The van der Waals surface area contributed by atoms with Gasteiger partial charge in [0.15, 0.2) is 5.78 Å². The summed E-state index contributed by atoms with van der Waals surface area (Å²) in [6, 6.07) is 5.29. The first-order chi connectivity index (χ1) is 13.9. The number of carbonyl (C=O) groups excluding carboxylic acids is 2. The van der Waals surface area contributed by atoms with Crippen molar-refractivity contribution in [1.82, 2.24) is 9.55 Å². The summed E-state index contributed by atoms with van der Waals surface area (Å²) in [4.78, 5) is 46.0. The minimum atomic E-state index is -0.157. The van der Waals surface area contributed by atoms with E-state index in [0.717, 1.165) is 40.9 Å².